The van der Waals surface area contributed by atoms with Crippen molar-refractivity contribution in [2.45, 2.75) is 57.9 Å². The number of fused-ring (bicyclic) bond motifs is 3. The van der Waals surface area contributed by atoms with Crippen LogP contribution in [-0.4, -0.2) is 54.5 Å². The number of nitrogens with zero attached hydrogens (tertiary/aromatic N) is 3. The molecule has 7 rings (SSSR count). The lowest BCUT2D eigenvalue weighted by molar-refractivity contribution is 0.225. The van der Waals surface area contributed by atoms with Crippen molar-refractivity contribution >= 4 is 27.4 Å². The number of aromatic hydroxyl groups is 1. The molecule has 42 heavy (non-hydrogen) atoms. The lowest BCUT2D eigenvalue weighted by Crippen LogP contribution is -2.38. The van der Waals surface area contributed by atoms with Gasteiger partial charge in [-0.25, -0.2) is 18.7 Å². The molecule has 2 aliphatic heterocycles. The Balaban J connectivity index is 1.46. The smallest absolute Gasteiger partial charge is 0.225 e. The molecule has 0 radical (unpaired) electrons. The van der Waals surface area contributed by atoms with E-state index >= 15 is 4.39 Å². The van der Waals surface area contributed by atoms with E-state index in [0.29, 0.717) is 58.7 Å². The van der Waals surface area contributed by atoms with Crippen LogP contribution < -0.4 is 19.7 Å². The van der Waals surface area contributed by atoms with Gasteiger partial charge in [-0.15, -0.1) is 0 Å². The molecule has 2 N–H and O–H groups in total. The Bertz CT molecular complexity index is 1690. The van der Waals surface area contributed by atoms with Crippen LogP contribution in [0.15, 0.2) is 30.3 Å². The molecule has 4 aromatic rings. The third-order valence-electron chi connectivity index (χ3n) is 9.21. The summed E-state index contributed by atoms with van der Waals surface area (Å²) in [7, 11) is 1.94. The standard InChI is InChI=1S/C33H36F2N4O3/c1-3-22-24(34)9-8-19-13-21(40)14-23(27(19)22)30-29(35)31-28-25(15-26(37-31)42-18-33(10-11-33)17-36-2)39-12-6-4-5-7-20(39)16-41-32(28)38-30/h8-9,13-15,20,36,40H,3-7,10-12,16-18H2,1-2H3. The molecule has 9 heteroatoms. The molecule has 2 fully saturated rings. The third kappa shape index (κ3) is 4.58. The Hall–Kier alpha value is -3.72. The first-order chi connectivity index (χ1) is 20.4. The van der Waals surface area contributed by atoms with Gasteiger partial charge in [-0.1, -0.05) is 25.8 Å². The fourth-order valence-electron chi connectivity index (χ4n) is 6.81. The van der Waals surface area contributed by atoms with Gasteiger partial charge in [0, 0.05) is 30.1 Å². The molecular formula is C33H36F2N4O3. The summed E-state index contributed by atoms with van der Waals surface area (Å²) in [5, 5.41) is 15.5. The van der Waals surface area contributed by atoms with Gasteiger partial charge in [-0.2, -0.15) is 0 Å². The topological polar surface area (TPSA) is 79.7 Å². The van der Waals surface area contributed by atoms with E-state index in [-0.39, 0.29) is 34.2 Å². The average molecular weight is 575 g/mol. The van der Waals surface area contributed by atoms with E-state index in [1.54, 1.807) is 12.1 Å². The summed E-state index contributed by atoms with van der Waals surface area (Å²) >= 11 is 0. The first-order valence-electron chi connectivity index (χ1n) is 15.1. The molecule has 7 nitrogen and oxygen atoms in total. The molecule has 0 amide bonds. The van der Waals surface area contributed by atoms with E-state index in [2.05, 4.69) is 10.2 Å². The first-order valence-corrected chi connectivity index (χ1v) is 15.1. The second-order valence-electron chi connectivity index (χ2n) is 12.1. The van der Waals surface area contributed by atoms with Crippen molar-refractivity contribution < 1.29 is 23.4 Å². The number of halogens is 2. The lowest BCUT2D eigenvalue weighted by atomic mass is 9.94. The van der Waals surface area contributed by atoms with Crippen LogP contribution >= 0.6 is 0 Å². The van der Waals surface area contributed by atoms with E-state index in [1.807, 2.05) is 20.0 Å². The van der Waals surface area contributed by atoms with Gasteiger partial charge in [0.15, 0.2) is 5.82 Å². The molecule has 0 spiro atoms. The number of phenolic OH excluding ortho intramolecular Hbond substituents is 1. The predicted octanol–water partition coefficient (Wildman–Crippen LogP) is 6.52. The van der Waals surface area contributed by atoms with E-state index in [0.717, 1.165) is 57.3 Å². The summed E-state index contributed by atoms with van der Waals surface area (Å²) in [6, 6.07) is 8.02. The molecular weight excluding hydrogens is 538 g/mol. The van der Waals surface area contributed by atoms with Gasteiger partial charge in [0.05, 0.1) is 23.7 Å². The maximum Gasteiger partial charge on any atom is 0.225 e. The van der Waals surface area contributed by atoms with Gasteiger partial charge in [0.2, 0.25) is 11.8 Å². The molecule has 1 unspecified atom stereocenters. The predicted molar refractivity (Wildman–Crippen MR) is 160 cm³/mol. The molecule has 1 aliphatic carbocycles. The summed E-state index contributed by atoms with van der Waals surface area (Å²) in [4.78, 5) is 11.8. The summed E-state index contributed by atoms with van der Waals surface area (Å²) in [5.74, 6) is -0.423. The zero-order valence-corrected chi connectivity index (χ0v) is 24.1. The lowest BCUT2D eigenvalue weighted by Gasteiger charge is -2.30. The van der Waals surface area contributed by atoms with Crippen molar-refractivity contribution in [2.24, 2.45) is 5.41 Å². The van der Waals surface area contributed by atoms with E-state index in [9.17, 15) is 9.50 Å². The van der Waals surface area contributed by atoms with Crippen LogP contribution in [0.3, 0.4) is 0 Å². The number of pyridine rings is 2. The van der Waals surface area contributed by atoms with Crippen molar-refractivity contribution in [3.8, 4) is 28.8 Å². The maximum absolute atomic E-state index is 16.9. The fraction of sp³-hybridized carbons (Fsp3) is 0.455. The molecule has 3 aliphatic rings. The zero-order chi connectivity index (χ0) is 29.0. The van der Waals surface area contributed by atoms with Crippen molar-refractivity contribution in [1.29, 1.82) is 0 Å². The number of hydrogen-bond donors (Lipinski definition) is 2. The Kier molecular flexibility index (Phi) is 6.80. The van der Waals surface area contributed by atoms with Crippen LogP contribution in [0.25, 0.3) is 32.9 Å². The average Bonchev–Trinajstić information content (AvgIpc) is 3.80. The van der Waals surface area contributed by atoms with Crippen LogP contribution in [0.2, 0.25) is 0 Å². The monoisotopic (exact) mass is 574 g/mol. The molecule has 4 heterocycles. The first kappa shape index (κ1) is 27.1. The Labute approximate surface area is 243 Å². The van der Waals surface area contributed by atoms with Crippen LogP contribution in [-0.2, 0) is 6.42 Å². The second-order valence-corrected chi connectivity index (χ2v) is 12.1. The molecule has 2 aromatic heterocycles. The number of rotatable bonds is 7. The van der Waals surface area contributed by atoms with Crippen LogP contribution in [0.1, 0.15) is 51.0 Å². The molecule has 220 valence electrons. The normalized spacial score (nSPS) is 19.2. The summed E-state index contributed by atoms with van der Waals surface area (Å²) < 4.78 is 44.5. The number of aromatic nitrogens is 2. The highest BCUT2D eigenvalue weighted by Crippen LogP contribution is 2.47. The van der Waals surface area contributed by atoms with Crippen LogP contribution in [0.5, 0.6) is 17.5 Å². The Morgan fingerprint density at radius 1 is 1.12 bits per heavy atom. The highest BCUT2D eigenvalue weighted by atomic mass is 19.1. The number of hydrogen-bond acceptors (Lipinski definition) is 7. The minimum atomic E-state index is -0.646. The number of ether oxygens (including phenoxy) is 2. The summed E-state index contributed by atoms with van der Waals surface area (Å²) in [5.41, 5.74) is 1.72. The Morgan fingerprint density at radius 2 is 1.98 bits per heavy atom. The number of aryl methyl sites for hydroxylation is 1. The maximum atomic E-state index is 16.9. The molecule has 1 saturated carbocycles. The number of benzene rings is 2. The van der Waals surface area contributed by atoms with Crippen molar-refractivity contribution in [3.05, 3.63) is 47.5 Å². The third-order valence-corrected chi connectivity index (χ3v) is 9.21. The van der Waals surface area contributed by atoms with E-state index < -0.39 is 5.82 Å². The van der Waals surface area contributed by atoms with Gasteiger partial charge in [0.1, 0.15) is 29.4 Å². The van der Waals surface area contributed by atoms with Crippen LogP contribution in [0.4, 0.5) is 14.5 Å². The largest absolute Gasteiger partial charge is 0.508 e. The Morgan fingerprint density at radius 3 is 2.76 bits per heavy atom. The molecule has 2 aromatic carbocycles. The van der Waals surface area contributed by atoms with Gasteiger partial charge < -0.3 is 24.8 Å². The van der Waals surface area contributed by atoms with E-state index in [4.69, 9.17) is 19.4 Å². The van der Waals surface area contributed by atoms with Gasteiger partial charge in [-0.3, -0.25) is 0 Å². The quantitative estimate of drug-likeness (QED) is 0.260. The minimum absolute atomic E-state index is 0.0276. The summed E-state index contributed by atoms with van der Waals surface area (Å²) in [6.07, 6.45) is 6.77. The highest BCUT2D eigenvalue weighted by molar-refractivity contribution is 6.04. The van der Waals surface area contributed by atoms with Crippen molar-refractivity contribution in [1.82, 2.24) is 15.3 Å². The second kappa shape index (κ2) is 10.5. The highest BCUT2D eigenvalue weighted by Gasteiger charge is 2.43. The van der Waals surface area contributed by atoms with Gasteiger partial charge in [0.25, 0.3) is 0 Å². The van der Waals surface area contributed by atoms with Crippen molar-refractivity contribution in [3.63, 3.8) is 0 Å². The molecule has 1 atom stereocenters. The SMILES string of the molecule is CCc1c(F)ccc2cc(O)cc(-c3nc4c5c(cc(OCC6(CNC)CC6)nc5c3F)N3CCCCCC3CO4)c12. The van der Waals surface area contributed by atoms with Gasteiger partial charge in [-0.05, 0) is 73.7 Å². The molecule has 0 bridgehead atoms. The molecule has 1 saturated heterocycles. The van der Waals surface area contributed by atoms with Crippen molar-refractivity contribution in [2.75, 3.05) is 38.3 Å². The van der Waals surface area contributed by atoms with E-state index in [1.165, 1.54) is 12.1 Å². The van der Waals surface area contributed by atoms with Gasteiger partial charge >= 0.3 is 0 Å². The zero-order valence-electron chi connectivity index (χ0n) is 24.1. The minimum Gasteiger partial charge on any atom is -0.508 e. The van der Waals surface area contributed by atoms with Crippen LogP contribution in [0, 0.1) is 17.0 Å². The number of anilines is 1. The number of nitrogens with one attached hydrogen (secondary N) is 1. The summed E-state index contributed by atoms with van der Waals surface area (Å²) in [6.45, 7) is 4.44. The number of phenols is 1. The fourth-order valence-corrected chi connectivity index (χ4v) is 6.81.